The molecule has 0 radical (unpaired) electrons. The van der Waals surface area contributed by atoms with E-state index >= 15 is 0 Å². The number of hydrogen-bond acceptors (Lipinski definition) is 4. The summed E-state index contributed by atoms with van der Waals surface area (Å²) in [6, 6.07) is 5.87. The Morgan fingerprint density at radius 2 is 2.30 bits per heavy atom. The summed E-state index contributed by atoms with van der Waals surface area (Å²) < 4.78 is 23.7. The van der Waals surface area contributed by atoms with Gasteiger partial charge in [0.15, 0.2) is 9.84 Å². The molecule has 2 aromatic rings. The van der Waals surface area contributed by atoms with Crippen molar-refractivity contribution in [3.05, 3.63) is 34.4 Å². The van der Waals surface area contributed by atoms with Crippen LogP contribution in [0.3, 0.4) is 0 Å². The SMILES string of the molecule is O=C(C[C@@H]1CCS(=O)(=O)C1)N/N=C/c1c[nH]c2ccc(Br)cc12. The van der Waals surface area contributed by atoms with Crippen LogP contribution in [0.2, 0.25) is 0 Å². The second-order valence-electron chi connectivity index (χ2n) is 5.70. The lowest BCUT2D eigenvalue weighted by molar-refractivity contribution is -0.121. The molecule has 3 rings (SSSR count). The number of sulfone groups is 1. The molecule has 8 heteroatoms. The average Bonchev–Trinajstić information content (AvgIpc) is 3.02. The van der Waals surface area contributed by atoms with Gasteiger partial charge >= 0.3 is 0 Å². The monoisotopic (exact) mass is 397 g/mol. The van der Waals surface area contributed by atoms with Crippen LogP contribution in [-0.2, 0) is 14.6 Å². The first-order chi connectivity index (χ1) is 10.9. The number of halogens is 1. The predicted octanol–water partition coefficient (Wildman–Crippen LogP) is 2.21. The highest BCUT2D eigenvalue weighted by atomic mass is 79.9. The zero-order valence-corrected chi connectivity index (χ0v) is 14.7. The van der Waals surface area contributed by atoms with Crippen LogP contribution in [0.4, 0.5) is 0 Å². The van der Waals surface area contributed by atoms with Crippen molar-refractivity contribution in [1.82, 2.24) is 10.4 Å². The van der Waals surface area contributed by atoms with Gasteiger partial charge in [0, 0.05) is 33.6 Å². The number of nitrogens with zero attached hydrogens (tertiary/aromatic N) is 1. The Labute approximate surface area is 142 Å². The highest BCUT2D eigenvalue weighted by Gasteiger charge is 2.29. The maximum Gasteiger partial charge on any atom is 0.240 e. The molecule has 1 aromatic carbocycles. The van der Waals surface area contributed by atoms with Crippen LogP contribution in [0.1, 0.15) is 18.4 Å². The molecule has 0 spiro atoms. The molecule has 0 aliphatic carbocycles. The molecular weight excluding hydrogens is 382 g/mol. The lowest BCUT2D eigenvalue weighted by atomic mass is 10.1. The fourth-order valence-corrected chi connectivity index (χ4v) is 4.96. The van der Waals surface area contributed by atoms with Gasteiger partial charge in [-0.25, -0.2) is 13.8 Å². The molecule has 122 valence electrons. The van der Waals surface area contributed by atoms with Gasteiger partial charge in [-0.2, -0.15) is 5.10 Å². The largest absolute Gasteiger partial charge is 0.361 e. The van der Waals surface area contributed by atoms with Crippen LogP contribution < -0.4 is 5.43 Å². The fourth-order valence-electron chi connectivity index (χ4n) is 2.74. The Morgan fingerprint density at radius 3 is 3.04 bits per heavy atom. The van der Waals surface area contributed by atoms with E-state index in [0.717, 1.165) is 20.9 Å². The van der Waals surface area contributed by atoms with Gasteiger partial charge in [-0.15, -0.1) is 0 Å². The van der Waals surface area contributed by atoms with E-state index in [4.69, 9.17) is 0 Å². The molecule has 1 saturated heterocycles. The Morgan fingerprint density at radius 1 is 1.48 bits per heavy atom. The number of benzene rings is 1. The number of amides is 1. The van der Waals surface area contributed by atoms with Crippen LogP contribution in [0.25, 0.3) is 10.9 Å². The number of rotatable bonds is 4. The molecule has 1 aliphatic heterocycles. The molecule has 0 saturated carbocycles. The third-order valence-corrected chi connectivity index (χ3v) is 6.20. The number of carbonyl (C=O) groups excluding carboxylic acids is 1. The van der Waals surface area contributed by atoms with Gasteiger partial charge in [0.1, 0.15) is 0 Å². The van der Waals surface area contributed by atoms with Crippen molar-refractivity contribution in [3.63, 3.8) is 0 Å². The summed E-state index contributed by atoms with van der Waals surface area (Å²) in [5.41, 5.74) is 4.31. The minimum absolute atomic E-state index is 0.0978. The van der Waals surface area contributed by atoms with E-state index < -0.39 is 9.84 Å². The van der Waals surface area contributed by atoms with E-state index in [9.17, 15) is 13.2 Å². The number of carbonyl (C=O) groups is 1. The van der Waals surface area contributed by atoms with Gasteiger partial charge < -0.3 is 4.98 Å². The quantitative estimate of drug-likeness (QED) is 0.611. The molecule has 1 aliphatic rings. The Kier molecular flexibility index (Phi) is 4.54. The third kappa shape index (κ3) is 4.00. The van der Waals surface area contributed by atoms with E-state index in [1.807, 2.05) is 24.4 Å². The van der Waals surface area contributed by atoms with Gasteiger partial charge in [0.05, 0.1) is 17.7 Å². The number of hydrogen-bond donors (Lipinski definition) is 2. The van der Waals surface area contributed by atoms with Crippen molar-refractivity contribution in [3.8, 4) is 0 Å². The maximum atomic E-state index is 11.8. The van der Waals surface area contributed by atoms with Crippen LogP contribution in [0.15, 0.2) is 34.0 Å². The minimum Gasteiger partial charge on any atom is -0.361 e. The first kappa shape index (κ1) is 16.2. The second-order valence-corrected chi connectivity index (χ2v) is 8.84. The fraction of sp³-hybridized carbons (Fsp3) is 0.333. The van der Waals surface area contributed by atoms with Crippen molar-refractivity contribution in [2.24, 2.45) is 11.0 Å². The topological polar surface area (TPSA) is 91.4 Å². The van der Waals surface area contributed by atoms with Crippen molar-refractivity contribution in [2.75, 3.05) is 11.5 Å². The number of fused-ring (bicyclic) bond motifs is 1. The lowest BCUT2D eigenvalue weighted by Gasteiger charge is -2.05. The minimum atomic E-state index is -2.95. The molecule has 23 heavy (non-hydrogen) atoms. The molecule has 1 aromatic heterocycles. The first-order valence-corrected chi connectivity index (χ1v) is 9.83. The number of aromatic amines is 1. The number of H-pyrrole nitrogens is 1. The Hall–Kier alpha value is -1.67. The standard InChI is InChI=1S/C15H16BrN3O3S/c16-12-1-2-14-13(6-12)11(7-17-14)8-18-19-15(20)5-10-3-4-23(21,22)9-10/h1-2,6-8,10,17H,3-5,9H2,(H,19,20)/b18-8+/t10-/m0/s1. The normalized spacial score (nSPS) is 20.3. The molecule has 2 heterocycles. The summed E-state index contributed by atoms with van der Waals surface area (Å²) in [7, 11) is -2.95. The van der Waals surface area contributed by atoms with Crippen molar-refractivity contribution < 1.29 is 13.2 Å². The molecule has 1 amide bonds. The lowest BCUT2D eigenvalue weighted by Crippen LogP contribution is -2.21. The summed E-state index contributed by atoms with van der Waals surface area (Å²) in [5, 5.41) is 4.96. The molecule has 6 nitrogen and oxygen atoms in total. The highest BCUT2D eigenvalue weighted by molar-refractivity contribution is 9.10. The van der Waals surface area contributed by atoms with Gasteiger partial charge in [0.2, 0.25) is 5.91 Å². The van der Waals surface area contributed by atoms with Gasteiger partial charge in [-0.1, -0.05) is 15.9 Å². The van der Waals surface area contributed by atoms with E-state index in [-0.39, 0.29) is 29.8 Å². The second kappa shape index (κ2) is 6.45. The zero-order chi connectivity index (χ0) is 16.4. The van der Waals surface area contributed by atoms with Crippen molar-refractivity contribution >= 4 is 48.8 Å². The number of aromatic nitrogens is 1. The van der Waals surface area contributed by atoms with E-state index in [2.05, 4.69) is 31.4 Å². The molecule has 1 atom stereocenters. The van der Waals surface area contributed by atoms with Gasteiger partial charge in [0.25, 0.3) is 0 Å². The third-order valence-electron chi connectivity index (χ3n) is 3.87. The summed E-state index contributed by atoms with van der Waals surface area (Å²) in [4.78, 5) is 15.0. The van der Waals surface area contributed by atoms with Crippen molar-refractivity contribution in [2.45, 2.75) is 12.8 Å². The summed E-state index contributed by atoms with van der Waals surface area (Å²) in [5.74, 6) is -0.0809. The number of hydrazone groups is 1. The molecule has 0 unspecified atom stereocenters. The Balaban J connectivity index is 1.60. The average molecular weight is 398 g/mol. The number of nitrogens with one attached hydrogen (secondary N) is 2. The summed E-state index contributed by atoms with van der Waals surface area (Å²) in [6.07, 6.45) is 4.14. The summed E-state index contributed by atoms with van der Waals surface area (Å²) in [6.45, 7) is 0. The van der Waals surface area contributed by atoms with Crippen molar-refractivity contribution in [1.29, 1.82) is 0 Å². The van der Waals surface area contributed by atoms with E-state index in [1.54, 1.807) is 6.21 Å². The molecule has 2 N–H and O–H groups in total. The molecule has 1 fully saturated rings. The van der Waals surface area contributed by atoms with E-state index in [0.29, 0.717) is 6.42 Å². The highest BCUT2D eigenvalue weighted by Crippen LogP contribution is 2.22. The maximum absolute atomic E-state index is 11.8. The molecular formula is C15H16BrN3O3S. The van der Waals surface area contributed by atoms with Crippen LogP contribution in [0.5, 0.6) is 0 Å². The van der Waals surface area contributed by atoms with Crippen LogP contribution in [-0.4, -0.2) is 37.0 Å². The zero-order valence-electron chi connectivity index (χ0n) is 12.3. The smallest absolute Gasteiger partial charge is 0.240 e. The Bertz CT molecular complexity index is 873. The van der Waals surface area contributed by atoms with Gasteiger partial charge in [-0.3, -0.25) is 4.79 Å². The predicted molar refractivity (Wildman–Crippen MR) is 93.1 cm³/mol. The van der Waals surface area contributed by atoms with Gasteiger partial charge in [-0.05, 0) is 30.5 Å². The summed E-state index contributed by atoms with van der Waals surface area (Å²) >= 11 is 3.42. The molecule has 0 bridgehead atoms. The van der Waals surface area contributed by atoms with Crippen LogP contribution >= 0.6 is 15.9 Å². The van der Waals surface area contributed by atoms with Crippen LogP contribution in [0, 0.1) is 5.92 Å². The first-order valence-electron chi connectivity index (χ1n) is 7.22. The van der Waals surface area contributed by atoms with E-state index in [1.165, 1.54) is 0 Å².